The molecule has 2 heterocycles. The normalized spacial score (nSPS) is 27.0. The van der Waals surface area contributed by atoms with E-state index in [-0.39, 0.29) is 80.6 Å². The van der Waals surface area contributed by atoms with E-state index >= 15 is 0 Å². The molecule has 8 rings (SSSR count). The van der Waals surface area contributed by atoms with Crippen molar-refractivity contribution in [1.29, 1.82) is 0 Å². The van der Waals surface area contributed by atoms with Crippen molar-refractivity contribution in [1.82, 2.24) is 4.90 Å². The molecule has 1 amide bonds. The number of carbonyl (C=O) groups excluding carboxylic acids is 1. The summed E-state index contributed by atoms with van der Waals surface area (Å²) in [6.07, 6.45) is 12.3. The summed E-state index contributed by atoms with van der Waals surface area (Å²) in [5.74, 6) is -1.91. The van der Waals surface area contributed by atoms with Gasteiger partial charge < -0.3 is 38.9 Å². The van der Waals surface area contributed by atoms with Crippen LogP contribution in [0.4, 0.5) is 8.78 Å². The third kappa shape index (κ3) is 9.63. The van der Waals surface area contributed by atoms with Crippen LogP contribution in [0.2, 0.25) is 0 Å². The van der Waals surface area contributed by atoms with Crippen molar-refractivity contribution in [2.24, 2.45) is 28.8 Å². The number of nitrogens with zero attached hydrogens (tertiary/aromatic N) is 2. The van der Waals surface area contributed by atoms with Crippen LogP contribution >= 0.6 is 0 Å². The largest absolute Gasteiger partial charge is 0.489 e. The van der Waals surface area contributed by atoms with Crippen molar-refractivity contribution < 1.29 is 47.6 Å². The van der Waals surface area contributed by atoms with Gasteiger partial charge in [-0.25, -0.2) is 8.78 Å². The Morgan fingerprint density at radius 2 is 1.76 bits per heavy atom. The van der Waals surface area contributed by atoms with Crippen LogP contribution in [0.1, 0.15) is 99.7 Å². The van der Waals surface area contributed by atoms with Gasteiger partial charge >= 0.3 is 0 Å². The number of hydrogen-bond acceptors (Lipinski definition) is 9. The van der Waals surface area contributed by atoms with Crippen LogP contribution in [0.15, 0.2) is 96.2 Å². The number of hydrogen-bond donors (Lipinski definition) is 2. The first kappa shape index (κ1) is 44.0. The van der Waals surface area contributed by atoms with Gasteiger partial charge in [-0.1, -0.05) is 60.5 Å². The maximum atomic E-state index is 14.8. The molecule has 5 aliphatic rings. The first-order valence-corrected chi connectivity index (χ1v) is 22.6. The molecule has 3 fully saturated rings. The number of halogens is 2. The van der Waals surface area contributed by atoms with Gasteiger partial charge in [0.05, 0.1) is 24.8 Å². The molecule has 10 nitrogen and oxygen atoms in total. The molecule has 12 heteroatoms. The van der Waals surface area contributed by atoms with Crippen LogP contribution in [0.25, 0.3) is 0 Å². The lowest BCUT2D eigenvalue weighted by molar-refractivity contribution is -0.258. The van der Waals surface area contributed by atoms with Crippen LogP contribution in [0.3, 0.4) is 0 Å². The highest BCUT2D eigenvalue weighted by Gasteiger charge is 2.66. The summed E-state index contributed by atoms with van der Waals surface area (Å²) in [6, 6.07) is 17.8. The Morgan fingerprint density at radius 1 is 0.968 bits per heavy atom. The van der Waals surface area contributed by atoms with Gasteiger partial charge in [0.1, 0.15) is 35.8 Å². The van der Waals surface area contributed by atoms with E-state index in [1.165, 1.54) is 18.2 Å². The van der Waals surface area contributed by atoms with E-state index in [1.54, 1.807) is 36.4 Å². The molecule has 3 aromatic carbocycles. The molecular weight excluding hydrogens is 795 g/mol. The molecule has 0 aromatic heterocycles. The predicted octanol–water partition coefficient (Wildman–Crippen LogP) is 9.14. The van der Waals surface area contributed by atoms with E-state index in [1.807, 2.05) is 23.1 Å². The molecule has 62 heavy (non-hydrogen) atoms. The third-order valence-corrected chi connectivity index (χ3v) is 13.3. The zero-order chi connectivity index (χ0) is 43.1. The van der Waals surface area contributed by atoms with Gasteiger partial charge in [-0.05, 0) is 111 Å². The fourth-order valence-corrected chi connectivity index (χ4v) is 10.1. The van der Waals surface area contributed by atoms with Crippen molar-refractivity contribution in [2.75, 3.05) is 26.4 Å². The third-order valence-electron chi connectivity index (χ3n) is 13.3. The number of benzene rings is 3. The fourth-order valence-electron chi connectivity index (χ4n) is 10.1. The second-order valence-electron chi connectivity index (χ2n) is 17.4. The summed E-state index contributed by atoms with van der Waals surface area (Å²) in [5, 5.41) is 24.9. The lowest BCUT2D eigenvalue weighted by Gasteiger charge is -2.60. The molecule has 0 spiro atoms. The molecule has 2 N–H and O–H groups in total. The van der Waals surface area contributed by atoms with E-state index in [0.717, 1.165) is 68.1 Å². The van der Waals surface area contributed by atoms with Crippen LogP contribution in [0, 0.1) is 35.3 Å². The standard InChI is InChI=1S/C50H60F2N2O8/c1-2-26-60-50-45(54(49(57)34-18-19-34)31-33-16-20-37(51)21-17-33)30-43(53-62-46-15-7-10-27-58-46)40-28-35(11-5-8-24-55)39(13-6-9-25-56)47(48(40)50)41-29-38(22-23-44(41)61-50)59-32-36-12-3-4-14-42(36)52/h2-4,12,14,16-17,20-23,28-29,34-35,39,45-48,55-56H,1,5-11,13,15,18-19,24-27,30-32H2. The average Bonchev–Trinajstić information content (AvgIpc) is 4.15. The smallest absolute Gasteiger partial charge is 0.239 e. The summed E-state index contributed by atoms with van der Waals surface area (Å²) >= 11 is 0. The molecule has 1 saturated heterocycles. The number of aliphatic hydroxyl groups is 2. The van der Waals surface area contributed by atoms with Crippen LogP contribution in [-0.4, -0.2) is 71.3 Å². The summed E-state index contributed by atoms with van der Waals surface area (Å²) in [4.78, 5) is 22.9. The highest BCUT2D eigenvalue weighted by molar-refractivity contribution is 6.03. The second kappa shape index (κ2) is 20.3. The molecule has 2 aliphatic heterocycles. The minimum Gasteiger partial charge on any atom is -0.489 e. The quantitative estimate of drug-likeness (QED) is 0.0657. The molecular formula is C50H60F2N2O8. The summed E-state index contributed by atoms with van der Waals surface area (Å²) in [6.45, 7) is 5.13. The van der Waals surface area contributed by atoms with E-state index in [9.17, 15) is 23.8 Å². The lowest BCUT2D eigenvalue weighted by atomic mass is 9.55. The number of fused-ring (bicyclic) bond motifs is 2. The fraction of sp³-hybridized carbons (Fsp3) is 0.520. The molecule has 2 saturated carbocycles. The van der Waals surface area contributed by atoms with E-state index in [0.29, 0.717) is 48.6 Å². The van der Waals surface area contributed by atoms with Crippen LogP contribution in [0.5, 0.6) is 11.5 Å². The Labute approximate surface area is 363 Å². The van der Waals surface area contributed by atoms with Crippen molar-refractivity contribution in [3.8, 4) is 11.5 Å². The highest BCUT2D eigenvalue weighted by Crippen LogP contribution is 2.62. The Hall–Kier alpha value is -4.62. The topological polar surface area (TPSA) is 119 Å². The minimum absolute atomic E-state index is 0.0115. The molecule has 3 aromatic rings. The number of rotatable bonds is 20. The van der Waals surface area contributed by atoms with Gasteiger partial charge in [-0.15, -0.1) is 6.58 Å². The highest BCUT2D eigenvalue weighted by atomic mass is 19.1. The van der Waals surface area contributed by atoms with E-state index in [4.69, 9.17) is 28.9 Å². The van der Waals surface area contributed by atoms with Crippen molar-refractivity contribution in [3.05, 3.63) is 119 Å². The number of carbonyl (C=O) groups is 1. The first-order chi connectivity index (χ1) is 30.3. The van der Waals surface area contributed by atoms with E-state index < -0.39 is 24.0 Å². The maximum Gasteiger partial charge on any atom is 0.239 e. The summed E-state index contributed by atoms with van der Waals surface area (Å²) in [7, 11) is 0. The summed E-state index contributed by atoms with van der Waals surface area (Å²) < 4.78 is 55.9. The Balaban J connectivity index is 1.31. The zero-order valence-corrected chi connectivity index (χ0v) is 35.5. The molecule has 0 bridgehead atoms. The zero-order valence-electron chi connectivity index (χ0n) is 35.5. The van der Waals surface area contributed by atoms with Gasteiger partial charge in [-0.3, -0.25) is 4.79 Å². The number of ether oxygens (including phenoxy) is 4. The van der Waals surface area contributed by atoms with Gasteiger partial charge in [0.15, 0.2) is 0 Å². The van der Waals surface area contributed by atoms with Gasteiger partial charge in [0.25, 0.3) is 0 Å². The Kier molecular flexibility index (Phi) is 14.4. The van der Waals surface area contributed by atoms with Crippen molar-refractivity contribution >= 4 is 11.6 Å². The number of amides is 1. The maximum absolute atomic E-state index is 14.8. The van der Waals surface area contributed by atoms with Crippen molar-refractivity contribution in [3.63, 3.8) is 0 Å². The molecule has 7 unspecified atom stereocenters. The number of aliphatic hydroxyl groups excluding tert-OH is 2. The van der Waals surface area contributed by atoms with E-state index in [2.05, 4.69) is 12.7 Å². The number of oxime groups is 1. The van der Waals surface area contributed by atoms with Crippen LogP contribution < -0.4 is 9.47 Å². The lowest BCUT2D eigenvalue weighted by Crippen LogP contribution is -2.70. The molecule has 3 aliphatic carbocycles. The van der Waals surface area contributed by atoms with Gasteiger partial charge in [-0.2, -0.15) is 0 Å². The summed E-state index contributed by atoms with van der Waals surface area (Å²) in [5.41, 5.74) is 3.71. The Bertz CT molecular complexity index is 2070. The minimum atomic E-state index is -1.44. The molecule has 332 valence electrons. The number of unbranched alkanes of at least 4 members (excludes halogenated alkanes) is 2. The average molecular weight is 855 g/mol. The number of allylic oxidation sites excluding steroid dienone is 1. The monoisotopic (exact) mass is 854 g/mol. The SMILES string of the molecule is C=CCOC12Oc3ccc(OCc4ccccc4F)cc3C3C(CCCCO)C(CCCCO)C=C(C(=NOC4CCCCO4)CC1N(Cc1ccc(F)cc1)C(=O)C1CC1)C32. The second-order valence-corrected chi connectivity index (χ2v) is 17.4. The first-order valence-electron chi connectivity index (χ1n) is 22.6. The van der Waals surface area contributed by atoms with Gasteiger partial charge in [0, 0.05) is 55.6 Å². The predicted molar refractivity (Wildman–Crippen MR) is 230 cm³/mol. The Morgan fingerprint density at radius 3 is 2.48 bits per heavy atom. The van der Waals surface area contributed by atoms with Crippen molar-refractivity contribution in [2.45, 2.75) is 114 Å². The van der Waals surface area contributed by atoms with Crippen LogP contribution in [-0.2, 0) is 32.3 Å². The molecule has 0 radical (unpaired) electrons. The molecule has 7 atom stereocenters. The van der Waals surface area contributed by atoms with Gasteiger partial charge in [0.2, 0.25) is 18.0 Å².